The molecule has 0 radical (unpaired) electrons. The molecule has 6 heteroatoms. The Morgan fingerprint density at radius 3 is 2.39 bits per heavy atom. The van der Waals surface area contributed by atoms with E-state index in [4.69, 9.17) is 14.2 Å². The maximum Gasteiger partial charge on any atom is 0.337 e. The molecule has 0 fully saturated rings. The van der Waals surface area contributed by atoms with E-state index in [2.05, 4.69) is 0 Å². The summed E-state index contributed by atoms with van der Waals surface area (Å²) in [7, 11) is 1.30. The summed E-state index contributed by atoms with van der Waals surface area (Å²) in [6, 6.07) is 21.1. The minimum absolute atomic E-state index is 0.136. The molecular formula is C27H24O6. The summed E-state index contributed by atoms with van der Waals surface area (Å²) in [6.07, 6.45) is 0. The van der Waals surface area contributed by atoms with Crippen molar-refractivity contribution in [2.24, 2.45) is 5.92 Å². The Balaban J connectivity index is 1.96. The molecular weight excluding hydrogens is 420 g/mol. The summed E-state index contributed by atoms with van der Waals surface area (Å²) in [5.41, 5.74) is 2.90. The summed E-state index contributed by atoms with van der Waals surface area (Å²) in [4.78, 5) is 39.3. The zero-order chi connectivity index (χ0) is 23.4. The van der Waals surface area contributed by atoms with E-state index in [9.17, 15) is 14.4 Å². The van der Waals surface area contributed by atoms with Gasteiger partial charge in [-0.05, 0) is 36.2 Å². The molecule has 0 amide bonds. The number of methoxy groups -OCH3 is 1. The van der Waals surface area contributed by atoms with Crippen molar-refractivity contribution in [3.05, 3.63) is 101 Å². The van der Waals surface area contributed by atoms with E-state index in [-0.39, 0.29) is 19.0 Å². The van der Waals surface area contributed by atoms with Gasteiger partial charge in [0, 0.05) is 17.0 Å². The lowest BCUT2D eigenvalue weighted by Crippen LogP contribution is -2.33. The Morgan fingerprint density at radius 2 is 1.67 bits per heavy atom. The molecule has 0 saturated heterocycles. The number of ether oxygens (including phenoxy) is 3. The van der Waals surface area contributed by atoms with Gasteiger partial charge in [-0.3, -0.25) is 9.59 Å². The fourth-order valence-electron chi connectivity index (χ4n) is 4.23. The monoisotopic (exact) mass is 444 g/mol. The van der Waals surface area contributed by atoms with Crippen molar-refractivity contribution in [3.63, 3.8) is 0 Å². The van der Waals surface area contributed by atoms with Crippen LogP contribution in [0.5, 0.6) is 5.75 Å². The number of esters is 2. The molecule has 33 heavy (non-hydrogen) atoms. The molecule has 0 bridgehead atoms. The first-order valence-corrected chi connectivity index (χ1v) is 10.7. The first-order valence-electron chi connectivity index (χ1n) is 10.7. The number of rotatable bonds is 6. The topological polar surface area (TPSA) is 78.9 Å². The third kappa shape index (κ3) is 4.37. The molecule has 2 unspecified atom stereocenters. The summed E-state index contributed by atoms with van der Waals surface area (Å²) >= 11 is 0. The molecule has 0 aromatic heterocycles. The van der Waals surface area contributed by atoms with Gasteiger partial charge >= 0.3 is 11.9 Å². The first-order chi connectivity index (χ1) is 16.0. The quantitative estimate of drug-likeness (QED) is 0.315. The third-order valence-corrected chi connectivity index (χ3v) is 5.75. The van der Waals surface area contributed by atoms with Crippen LogP contribution in [-0.4, -0.2) is 31.4 Å². The van der Waals surface area contributed by atoms with E-state index >= 15 is 0 Å². The highest BCUT2D eigenvalue weighted by atomic mass is 16.5. The average Bonchev–Trinajstić information content (AvgIpc) is 3.01. The zero-order valence-electron chi connectivity index (χ0n) is 18.4. The van der Waals surface area contributed by atoms with Crippen molar-refractivity contribution in [1.82, 2.24) is 0 Å². The maximum atomic E-state index is 13.7. The molecule has 1 heterocycles. The molecule has 3 aromatic rings. The lowest BCUT2D eigenvalue weighted by Gasteiger charge is -2.26. The van der Waals surface area contributed by atoms with Gasteiger partial charge in [-0.2, -0.15) is 0 Å². The van der Waals surface area contributed by atoms with Crippen molar-refractivity contribution in [2.75, 3.05) is 13.7 Å². The predicted octanol–water partition coefficient (Wildman–Crippen LogP) is 4.56. The SMILES string of the molecule is CCOC(=O)C(C(=O)c1ccccc1)C1c2ccccc2COc2ccc(C(=O)OC)cc21. The molecule has 2 atom stereocenters. The van der Waals surface area contributed by atoms with Gasteiger partial charge in [-0.1, -0.05) is 54.6 Å². The van der Waals surface area contributed by atoms with E-state index in [1.807, 2.05) is 30.3 Å². The molecule has 3 aromatic carbocycles. The Bertz CT molecular complexity index is 1180. The van der Waals surface area contributed by atoms with Crippen LogP contribution in [-0.2, 0) is 20.9 Å². The van der Waals surface area contributed by atoms with Crippen molar-refractivity contribution < 1.29 is 28.6 Å². The number of hydrogen-bond donors (Lipinski definition) is 0. The minimum Gasteiger partial charge on any atom is -0.489 e. The van der Waals surface area contributed by atoms with E-state index in [0.717, 1.165) is 11.1 Å². The highest BCUT2D eigenvalue weighted by Gasteiger charge is 2.42. The van der Waals surface area contributed by atoms with E-state index in [1.165, 1.54) is 7.11 Å². The maximum absolute atomic E-state index is 13.7. The van der Waals surface area contributed by atoms with Gasteiger partial charge < -0.3 is 14.2 Å². The molecule has 6 nitrogen and oxygen atoms in total. The minimum atomic E-state index is -1.16. The van der Waals surface area contributed by atoms with Crippen LogP contribution in [0.3, 0.4) is 0 Å². The molecule has 0 spiro atoms. The number of fused-ring (bicyclic) bond motifs is 2. The van der Waals surface area contributed by atoms with Crippen LogP contribution in [0, 0.1) is 5.92 Å². The van der Waals surface area contributed by atoms with Gasteiger partial charge in [0.25, 0.3) is 0 Å². The summed E-state index contributed by atoms with van der Waals surface area (Å²) in [5.74, 6) is -2.88. The van der Waals surface area contributed by atoms with Gasteiger partial charge in [0.05, 0.1) is 19.3 Å². The largest absolute Gasteiger partial charge is 0.489 e. The van der Waals surface area contributed by atoms with E-state index in [0.29, 0.717) is 22.4 Å². The van der Waals surface area contributed by atoms with Crippen LogP contribution in [0.1, 0.15) is 50.2 Å². The Morgan fingerprint density at radius 1 is 0.939 bits per heavy atom. The normalized spacial score (nSPS) is 15.2. The van der Waals surface area contributed by atoms with Crippen LogP contribution < -0.4 is 4.74 Å². The second-order valence-electron chi connectivity index (χ2n) is 7.67. The zero-order valence-corrected chi connectivity index (χ0v) is 18.4. The van der Waals surface area contributed by atoms with Gasteiger partial charge in [0.15, 0.2) is 5.78 Å². The average molecular weight is 444 g/mol. The molecule has 168 valence electrons. The third-order valence-electron chi connectivity index (χ3n) is 5.75. The number of hydrogen-bond acceptors (Lipinski definition) is 6. The van der Waals surface area contributed by atoms with E-state index < -0.39 is 23.8 Å². The first kappa shape index (κ1) is 22.3. The Labute approximate surface area is 192 Å². The number of benzene rings is 3. The van der Waals surface area contributed by atoms with Crippen molar-refractivity contribution in [2.45, 2.75) is 19.4 Å². The molecule has 1 aliphatic rings. The number of ketones is 1. The van der Waals surface area contributed by atoms with Crippen LogP contribution in [0.4, 0.5) is 0 Å². The fraction of sp³-hybridized carbons (Fsp3) is 0.222. The van der Waals surface area contributed by atoms with Gasteiger partial charge in [-0.25, -0.2) is 4.79 Å². The van der Waals surface area contributed by atoms with Gasteiger partial charge in [-0.15, -0.1) is 0 Å². The van der Waals surface area contributed by atoms with Crippen molar-refractivity contribution in [3.8, 4) is 5.75 Å². The number of carbonyl (C=O) groups excluding carboxylic acids is 3. The van der Waals surface area contributed by atoms with Gasteiger partial charge in [0.1, 0.15) is 18.3 Å². The smallest absolute Gasteiger partial charge is 0.337 e. The second-order valence-corrected chi connectivity index (χ2v) is 7.67. The highest BCUT2D eigenvalue weighted by molar-refractivity contribution is 6.10. The highest BCUT2D eigenvalue weighted by Crippen LogP contribution is 2.43. The Kier molecular flexibility index (Phi) is 6.54. The number of carbonyl (C=O) groups is 3. The fourth-order valence-corrected chi connectivity index (χ4v) is 4.23. The summed E-state index contributed by atoms with van der Waals surface area (Å²) < 4.78 is 16.3. The van der Waals surface area contributed by atoms with Crippen LogP contribution in [0.2, 0.25) is 0 Å². The molecule has 4 rings (SSSR count). The van der Waals surface area contributed by atoms with Crippen LogP contribution in [0.25, 0.3) is 0 Å². The van der Waals surface area contributed by atoms with Crippen molar-refractivity contribution >= 4 is 17.7 Å². The molecule has 0 N–H and O–H groups in total. The van der Waals surface area contributed by atoms with Gasteiger partial charge in [0.2, 0.25) is 0 Å². The lowest BCUT2D eigenvalue weighted by molar-refractivity contribution is -0.146. The molecule has 0 aliphatic carbocycles. The second kappa shape index (κ2) is 9.69. The Hall–Kier alpha value is -3.93. The number of Topliss-reactive ketones (excluding diaryl/α,β-unsaturated/α-hetero) is 1. The van der Waals surface area contributed by atoms with Crippen LogP contribution in [0.15, 0.2) is 72.8 Å². The predicted molar refractivity (Wildman–Crippen MR) is 121 cm³/mol. The molecule has 0 saturated carbocycles. The standard InChI is InChI=1S/C27H24O6/c1-3-32-27(30)24(25(28)17-9-5-4-6-10-17)23-20-12-8-7-11-19(20)16-33-22-14-13-18(15-21(22)23)26(29)31-2/h4-15,23-24H,3,16H2,1-2H3. The van der Waals surface area contributed by atoms with Crippen LogP contribution >= 0.6 is 0 Å². The van der Waals surface area contributed by atoms with Crippen molar-refractivity contribution in [1.29, 1.82) is 0 Å². The summed E-state index contributed by atoms with van der Waals surface area (Å²) in [6.45, 7) is 2.11. The summed E-state index contributed by atoms with van der Waals surface area (Å²) in [5, 5.41) is 0. The molecule has 1 aliphatic heterocycles. The van der Waals surface area contributed by atoms with E-state index in [1.54, 1.807) is 49.4 Å². The lowest BCUT2D eigenvalue weighted by atomic mass is 9.75.